The van der Waals surface area contributed by atoms with Gasteiger partial charge in [-0.25, -0.2) is 4.79 Å². The number of aromatic nitrogens is 1. The van der Waals surface area contributed by atoms with Gasteiger partial charge in [0.25, 0.3) is 0 Å². The first kappa shape index (κ1) is 12.3. The van der Waals surface area contributed by atoms with Crippen molar-refractivity contribution < 1.29 is 4.42 Å². The maximum Gasteiger partial charge on any atom is 0.417 e. The van der Waals surface area contributed by atoms with E-state index in [4.69, 9.17) is 4.42 Å². The van der Waals surface area contributed by atoms with Gasteiger partial charge in [0.2, 0.25) is 0 Å². The Hall–Kier alpha value is -2.49. The standard InChI is InChI=1S/C17H16N2O2/c20-17-19-15-10-13(6-7-16(15)21-17)18-14-8-12(9-14)11-4-2-1-3-5-11/h1-7,10,12,14,18H,8-9H2,(H,19,20). The zero-order chi connectivity index (χ0) is 14.2. The van der Waals surface area contributed by atoms with Crippen molar-refractivity contribution in [2.24, 2.45) is 0 Å². The molecule has 0 unspecified atom stereocenters. The number of anilines is 1. The van der Waals surface area contributed by atoms with E-state index in [1.165, 1.54) is 5.56 Å². The van der Waals surface area contributed by atoms with Crippen molar-refractivity contribution in [3.05, 3.63) is 64.6 Å². The number of nitrogens with one attached hydrogen (secondary N) is 2. The Bertz CT molecular complexity index is 813. The van der Waals surface area contributed by atoms with E-state index < -0.39 is 5.76 Å². The number of fused-ring (bicyclic) bond motifs is 1. The average Bonchev–Trinajstić information content (AvgIpc) is 2.82. The lowest BCUT2D eigenvalue weighted by Crippen LogP contribution is -2.33. The zero-order valence-electron chi connectivity index (χ0n) is 11.5. The predicted octanol–water partition coefficient (Wildman–Crippen LogP) is 3.48. The molecule has 1 fully saturated rings. The molecule has 0 radical (unpaired) electrons. The molecule has 0 atom stereocenters. The van der Waals surface area contributed by atoms with Crippen LogP contribution >= 0.6 is 0 Å². The second kappa shape index (κ2) is 4.81. The SMILES string of the molecule is O=c1[nH]c2cc(NC3CC(c4ccccc4)C3)ccc2o1. The van der Waals surface area contributed by atoms with Crippen molar-refractivity contribution in [1.29, 1.82) is 0 Å². The van der Waals surface area contributed by atoms with Crippen molar-refractivity contribution in [2.75, 3.05) is 5.32 Å². The minimum absolute atomic E-state index is 0.407. The highest BCUT2D eigenvalue weighted by Crippen LogP contribution is 2.38. The highest BCUT2D eigenvalue weighted by atomic mass is 16.4. The lowest BCUT2D eigenvalue weighted by atomic mass is 9.76. The molecule has 2 aromatic carbocycles. The van der Waals surface area contributed by atoms with Gasteiger partial charge in [0.15, 0.2) is 5.58 Å². The summed E-state index contributed by atoms with van der Waals surface area (Å²) in [6, 6.07) is 16.8. The molecule has 0 bridgehead atoms. The summed E-state index contributed by atoms with van der Waals surface area (Å²) in [4.78, 5) is 13.8. The second-order valence-corrected chi connectivity index (χ2v) is 5.65. The Morgan fingerprint density at radius 3 is 2.71 bits per heavy atom. The minimum atomic E-state index is -0.407. The van der Waals surface area contributed by atoms with E-state index in [1.54, 1.807) is 0 Å². The Labute approximate surface area is 121 Å². The fourth-order valence-electron chi connectivity index (χ4n) is 3.01. The van der Waals surface area contributed by atoms with Gasteiger partial charge in [0.05, 0.1) is 5.52 Å². The molecule has 4 nitrogen and oxygen atoms in total. The molecule has 0 spiro atoms. The Kier molecular flexibility index (Phi) is 2.81. The molecule has 1 aliphatic carbocycles. The number of H-pyrrole nitrogens is 1. The van der Waals surface area contributed by atoms with Crippen LogP contribution in [0.1, 0.15) is 24.3 Å². The van der Waals surface area contributed by atoms with Crippen molar-refractivity contribution in [2.45, 2.75) is 24.8 Å². The van der Waals surface area contributed by atoms with Crippen LogP contribution in [0, 0.1) is 0 Å². The topological polar surface area (TPSA) is 58.0 Å². The molecule has 1 aromatic heterocycles. The molecule has 0 amide bonds. The van der Waals surface area contributed by atoms with Gasteiger partial charge in [0.1, 0.15) is 0 Å². The lowest BCUT2D eigenvalue weighted by Gasteiger charge is -2.36. The smallest absolute Gasteiger partial charge is 0.408 e. The van der Waals surface area contributed by atoms with Crippen LogP contribution in [0.25, 0.3) is 11.1 Å². The molecule has 4 rings (SSSR count). The van der Waals surface area contributed by atoms with E-state index >= 15 is 0 Å². The van der Waals surface area contributed by atoms with Crippen LogP contribution in [0.15, 0.2) is 57.7 Å². The third-order valence-electron chi connectivity index (χ3n) is 4.20. The van der Waals surface area contributed by atoms with Gasteiger partial charge in [-0.15, -0.1) is 0 Å². The van der Waals surface area contributed by atoms with E-state index in [9.17, 15) is 4.79 Å². The lowest BCUT2D eigenvalue weighted by molar-refractivity contribution is 0.374. The van der Waals surface area contributed by atoms with Crippen LogP contribution in [0.4, 0.5) is 5.69 Å². The van der Waals surface area contributed by atoms with Crippen LogP contribution in [0.2, 0.25) is 0 Å². The van der Waals surface area contributed by atoms with Crippen molar-refractivity contribution in [3.8, 4) is 0 Å². The van der Waals surface area contributed by atoms with E-state index in [0.29, 0.717) is 17.5 Å². The summed E-state index contributed by atoms with van der Waals surface area (Å²) < 4.78 is 5.00. The number of benzene rings is 2. The van der Waals surface area contributed by atoms with Gasteiger partial charge in [0, 0.05) is 11.7 Å². The fourth-order valence-corrected chi connectivity index (χ4v) is 3.01. The van der Waals surface area contributed by atoms with Crippen LogP contribution in [-0.4, -0.2) is 11.0 Å². The van der Waals surface area contributed by atoms with Gasteiger partial charge in [-0.05, 0) is 42.5 Å². The maximum absolute atomic E-state index is 11.1. The maximum atomic E-state index is 11.1. The molecule has 0 saturated heterocycles. The fraction of sp³-hybridized carbons (Fsp3) is 0.235. The Morgan fingerprint density at radius 1 is 1.10 bits per heavy atom. The molecule has 2 N–H and O–H groups in total. The van der Waals surface area contributed by atoms with E-state index in [1.807, 2.05) is 18.2 Å². The first-order valence-corrected chi connectivity index (χ1v) is 7.22. The van der Waals surface area contributed by atoms with E-state index in [0.717, 1.165) is 24.0 Å². The first-order valence-electron chi connectivity index (χ1n) is 7.22. The van der Waals surface area contributed by atoms with Gasteiger partial charge in [-0.3, -0.25) is 4.98 Å². The molecule has 1 heterocycles. The molecule has 0 aliphatic heterocycles. The Morgan fingerprint density at radius 2 is 1.90 bits per heavy atom. The summed E-state index contributed by atoms with van der Waals surface area (Å²) in [5.41, 5.74) is 3.78. The van der Waals surface area contributed by atoms with Crippen LogP contribution in [-0.2, 0) is 0 Å². The first-order chi connectivity index (χ1) is 10.3. The minimum Gasteiger partial charge on any atom is -0.408 e. The van der Waals surface area contributed by atoms with Gasteiger partial charge in [-0.1, -0.05) is 30.3 Å². The predicted molar refractivity (Wildman–Crippen MR) is 82.7 cm³/mol. The Balaban J connectivity index is 1.44. The van der Waals surface area contributed by atoms with Gasteiger partial charge >= 0.3 is 5.76 Å². The summed E-state index contributed by atoms with van der Waals surface area (Å²) in [7, 11) is 0. The number of aromatic amines is 1. The van der Waals surface area contributed by atoms with Crippen LogP contribution in [0.3, 0.4) is 0 Å². The molecule has 1 aliphatic rings. The number of hydrogen-bond donors (Lipinski definition) is 2. The normalized spacial score (nSPS) is 21.1. The van der Waals surface area contributed by atoms with Crippen molar-refractivity contribution in [1.82, 2.24) is 4.98 Å². The molecule has 4 heteroatoms. The molecule has 21 heavy (non-hydrogen) atoms. The molecular formula is C17H16N2O2. The second-order valence-electron chi connectivity index (χ2n) is 5.65. The summed E-state index contributed by atoms with van der Waals surface area (Å²) in [6.07, 6.45) is 2.29. The van der Waals surface area contributed by atoms with Crippen LogP contribution < -0.4 is 11.1 Å². The van der Waals surface area contributed by atoms with E-state index in [-0.39, 0.29) is 0 Å². The quantitative estimate of drug-likeness (QED) is 0.772. The number of rotatable bonds is 3. The highest BCUT2D eigenvalue weighted by molar-refractivity contribution is 5.76. The van der Waals surface area contributed by atoms with Crippen LogP contribution in [0.5, 0.6) is 0 Å². The molecule has 1 saturated carbocycles. The highest BCUT2D eigenvalue weighted by Gasteiger charge is 2.29. The zero-order valence-corrected chi connectivity index (χ0v) is 11.5. The van der Waals surface area contributed by atoms with Gasteiger partial charge in [-0.2, -0.15) is 0 Å². The number of hydrogen-bond acceptors (Lipinski definition) is 3. The molecular weight excluding hydrogens is 264 g/mol. The summed E-state index contributed by atoms with van der Waals surface area (Å²) in [5, 5.41) is 3.52. The molecule has 106 valence electrons. The van der Waals surface area contributed by atoms with E-state index in [2.05, 4.69) is 40.6 Å². The summed E-state index contributed by atoms with van der Waals surface area (Å²) in [6.45, 7) is 0. The molecule has 3 aromatic rings. The van der Waals surface area contributed by atoms with Crippen molar-refractivity contribution in [3.63, 3.8) is 0 Å². The number of oxazole rings is 1. The monoisotopic (exact) mass is 280 g/mol. The summed E-state index contributed by atoms with van der Waals surface area (Å²) in [5.74, 6) is 0.246. The third kappa shape index (κ3) is 2.33. The van der Waals surface area contributed by atoms with Gasteiger partial charge < -0.3 is 9.73 Å². The largest absolute Gasteiger partial charge is 0.417 e. The summed E-state index contributed by atoms with van der Waals surface area (Å²) >= 11 is 0. The average molecular weight is 280 g/mol. The van der Waals surface area contributed by atoms with Crippen molar-refractivity contribution >= 4 is 16.8 Å². The third-order valence-corrected chi connectivity index (χ3v) is 4.20.